The summed E-state index contributed by atoms with van der Waals surface area (Å²) in [5, 5.41) is 12.8. The highest BCUT2D eigenvalue weighted by Gasteiger charge is 2.03. The molecule has 0 aliphatic heterocycles. The van der Waals surface area contributed by atoms with Gasteiger partial charge in [-0.15, -0.1) is 0 Å². The van der Waals surface area contributed by atoms with E-state index in [1.807, 2.05) is 31.1 Å². The predicted octanol–water partition coefficient (Wildman–Crippen LogP) is 2.89. The molecule has 0 fully saturated rings. The van der Waals surface area contributed by atoms with Gasteiger partial charge < -0.3 is 15.3 Å². The number of nitrogens with one attached hydrogen (secondary N) is 1. The van der Waals surface area contributed by atoms with Gasteiger partial charge in [-0.05, 0) is 35.9 Å². The minimum atomic E-state index is -0.338. The van der Waals surface area contributed by atoms with Crippen LogP contribution in [0.3, 0.4) is 0 Å². The van der Waals surface area contributed by atoms with Gasteiger partial charge in [0.1, 0.15) is 11.6 Å². The first-order chi connectivity index (χ1) is 9.56. The Kier molecular flexibility index (Phi) is 4.58. The van der Waals surface area contributed by atoms with Gasteiger partial charge in [0.25, 0.3) is 0 Å². The van der Waals surface area contributed by atoms with E-state index in [0.29, 0.717) is 18.7 Å². The Labute approximate surface area is 118 Å². The molecular formula is C16H19FN2O. The summed E-state index contributed by atoms with van der Waals surface area (Å²) >= 11 is 0. The number of anilines is 1. The van der Waals surface area contributed by atoms with Crippen LogP contribution in [0.2, 0.25) is 0 Å². The van der Waals surface area contributed by atoms with Gasteiger partial charge in [-0.3, -0.25) is 0 Å². The quantitative estimate of drug-likeness (QED) is 0.880. The van der Waals surface area contributed by atoms with Gasteiger partial charge in [0.05, 0.1) is 0 Å². The number of rotatable bonds is 5. The van der Waals surface area contributed by atoms with Crippen LogP contribution in [0.25, 0.3) is 0 Å². The van der Waals surface area contributed by atoms with E-state index in [0.717, 1.165) is 11.3 Å². The number of phenols is 1. The zero-order valence-corrected chi connectivity index (χ0v) is 11.7. The SMILES string of the molecule is CN(C)c1ccc(CNCc2cc(F)ccc2O)cc1. The standard InChI is InChI=1S/C16H19FN2O/c1-19(2)15-6-3-12(4-7-15)10-18-11-13-9-14(17)5-8-16(13)20/h3-9,18,20H,10-11H2,1-2H3. The van der Waals surface area contributed by atoms with Crippen molar-refractivity contribution in [3.63, 3.8) is 0 Å². The molecule has 0 aromatic heterocycles. The molecule has 0 aliphatic rings. The first-order valence-electron chi connectivity index (χ1n) is 6.50. The summed E-state index contributed by atoms with van der Waals surface area (Å²) in [6.45, 7) is 1.10. The van der Waals surface area contributed by atoms with Crippen LogP contribution in [0, 0.1) is 5.82 Å². The monoisotopic (exact) mass is 274 g/mol. The molecule has 0 saturated carbocycles. The zero-order valence-electron chi connectivity index (χ0n) is 11.7. The van der Waals surface area contributed by atoms with Crippen molar-refractivity contribution < 1.29 is 9.50 Å². The van der Waals surface area contributed by atoms with Crippen LogP contribution in [0.4, 0.5) is 10.1 Å². The van der Waals surface area contributed by atoms with E-state index in [4.69, 9.17) is 0 Å². The number of nitrogens with zero attached hydrogens (tertiary/aromatic N) is 1. The lowest BCUT2D eigenvalue weighted by molar-refractivity contribution is 0.461. The maximum atomic E-state index is 13.1. The fourth-order valence-electron chi connectivity index (χ4n) is 1.95. The number of phenolic OH excluding ortho intramolecular Hbond substituents is 1. The van der Waals surface area contributed by atoms with Crippen molar-refractivity contribution in [2.24, 2.45) is 0 Å². The van der Waals surface area contributed by atoms with E-state index in [-0.39, 0.29) is 11.6 Å². The smallest absolute Gasteiger partial charge is 0.123 e. The molecule has 0 amide bonds. The lowest BCUT2D eigenvalue weighted by Crippen LogP contribution is -2.13. The van der Waals surface area contributed by atoms with Crippen LogP contribution in [-0.4, -0.2) is 19.2 Å². The first kappa shape index (κ1) is 14.3. The van der Waals surface area contributed by atoms with Crippen molar-refractivity contribution in [3.8, 4) is 5.75 Å². The largest absolute Gasteiger partial charge is 0.508 e. The second-order valence-corrected chi connectivity index (χ2v) is 4.94. The van der Waals surface area contributed by atoms with E-state index in [9.17, 15) is 9.50 Å². The van der Waals surface area contributed by atoms with Gasteiger partial charge in [-0.1, -0.05) is 12.1 Å². The van der Waals surface area contributed by atoms with Crippen molar-refractivity contribution in [1.29, 1.82) is 0 Å². The van der Waals surface area contributed by atoms with E-state index >= 15 is 0 Å². The average molecular weight is 274 g/mol. The third-order valence-corrected chi connectivity index (χ3v) is 3.14. The number of halogens is 1. The number of benzene rings is 2. The Bertz CT molecular complexity index is 567. The molecule has 2 aromatic carbocycles. The predicted molar refractivity (Wildman–Crippen MR) is 79.4 cm³/mol. The number of hydrogen-bond acceptors (Lipinski definition) is 3. The van der Waals surface area contributed by atoms with E-state index in [1.54, 1.807) is 0 Å². The second kappa shape index (κ2) is 6.39. The highest BCUT2D eigenvalue weighted by molar-refractivity contribution is 5.46. The maximum absolute atomic E-state index is 13.1. The van der Waals surface area contributed by atoms with Crippen LogP contribution < -0.4 is 10.2 Å². The van der Waals surface area contributed by atoms with Crippen molar-refractivity contribution in [3.05, 3.63) is 59.4 Å². The highest BCUT2D eigenvalue weighted by atomic mass is 19.1. The van der Waals surface area contributed by atoms with Gasteiger partial charge in [0.2, 0.25) is 0 Å². The first-order valence-corrected chi connectivity index (χ1v) is 6.50. The molecule has 0 spiro atoms. The second-order valence-electron chi connectivity index (χ2n) is 4.94. The van der Waals surface area contributed by atoms with E-state index in [1.165, 1.54) is 18.2 Å². The Morgan fingerprint density at radius 3 is 2.40 bits per heavy atom. The number of hydrogen-bond donors (Lipinski definition) is 2. The summed E-state index contributed by atoms with van der Waals surface area (Å²) < 4.78 is 13.1. The molecule has 2 aromatic rings. The van der Waals surface area contributed by atoms with Crippen molar-refractivity contribution >= 4 is 5.69 Å². The maximum Gasteiger partial charge on any atom is 0.123 e. The third kappa shape index (κ3) is 3.71. The lowest BCUT2D eigenvalue weighted by atomic mass is 10.1. The van der Waals surface area contributed by atoms with Gasteiger partial charge in [0.15, 0.2) is 0 Å². The Morgan fingerprint density at radius 2 is 1.75 bits per heavy atom. The third-order valence-electron chi connectivity index (χ3n) is 3.14. The number of aromatic hydroxyl groups is 1. The van der Waals surface area contributed by atoms with Crippen molar-refractivity contribution in [1.82, 2.24) is 5.32 Å². The summed E-state index contributed by atoms with van der Waals surface area (Å²) in [6, 6.07) is 12.2. The summed E-state index contributed by atoms with van der Waals surface area (Å²) in [4.78, 5) is 2.04. The molecule has 0 heterocycles. The highest BCUT2D eigenvalue weighted by Crippen LogP contribution is 2.18. The summed E-state index contributed by atoms with van der Waals surface area (Å²) in [7, 11) is 4.00. The Morgan fingerprint density at radius 1 is 1.05 bits per heavy atom. The van der Waals surface area contributed by atoms with E-state index < -0.39 is 0 Å². The van der Waals surface area contributed by atoms with Crippen molar-refractivity contribution in [2.45, 2.75) is 13.1 Å². The summed E-state index contributed by atoms with van der Waals surface area (Å²) in [6.07, 6.45) is 0. The van der Waals surface area contributed by atoms with Crippen molar-refractivity contribution in [2.75, 3.05) is 19.0 Å². The van der Waals surface area contributed by atoms with Gasteiger partial charge >= 0.3 is 0 Å². The topological polar surface area (TPSA) is 35.5 Å². The average Bonchev–Trinajstić information content (AvgIpc) is 2.43. The Hall–Kier alpha value is -2.07. The fraction of sp³-hybridized carbons (Fsp3) is 0.250. The summed E-state index contributed by atoms with van der Waals surface area (Å²) in [5.74, 6) is -0.225. The minimum absolute atomic E-state index is 0.113. The molecule has 0 radical (unpaired) electrons. The van der Waals surface area contributed by atoms with Crippen LogP contribution in [0.1, 0.15) is 11.1 Å². The van der Waals surface area contributed by atoms with Gasteiger partial charge in [-0.25, -0.2) is 4.39 Å². The molecule has 0 unspecified atom stereocenters. The van der Waals surface area contributed by atoms with E-state index in [2.05, 4.69) is 17.4 Å². The molecule has 4 heteroatoms. The fourth-order valence-corrected chi connectivity index (χ4v) is 1.95. The van der Waals surface area contributed by atoms with Gasteiger partial charge in [-0.2, -0.15) is 0 Å². The molecule has 0 saturated heterocycles. The molecule has 2 rings (SSSR count). The normalized spacial score (nSPS) is 10.6. The molecule has 0 atom stereocenters. The van der Waals surface area contributed by atoms with Crippen LogP contribution in [-0.2, 0) is 13.1 Å². The molecule has 3 nitrogen and oxygen atoms in total. The van der Waals surface area contributed by atoms with Crippen LogP contribution in [0.5, 0.6) is 5.75 Å². The molecule has 20 heavy (non-hydrogen) atoms. The lowest BCUT2D eigenvalue weighted by Gasteiger charge is -2.13. The summed E-state index contributed by atoms with van der Waals surface area (Å²) in [5.41, 5.74) is 2.86. The molecule has 2 N–H and O–H groups in total. The molecule has 106 valence electrons. The minimum Gasteiger partial charge on any atom is -0.508 e. The zero-order chi connectivity index (χ0) is 14.5. The van der Waals surface area contributed by atoms with Crippen LogP contribution >= 0.6 is 0 Å². The molecule has 0 aliphatic carbocycles. The Balaban J connectivity index is 1.91. The molecular weight excluding hydrogens is 255 g/mol. The molecule has 0 bridgehead atoms. The van der Waals surface area contributed by atoms with Crippen LogP contribution in [0.15, 0.2) is 42.5 Å². The van der Waals surface area contributed by atoms with Gasteiger partial charge in [0, 0.05) is 38.4 Å².